The molecule has 4 rings (SSSR count). The Bertz CT molecular complexity index is 1050. The molecule has 0 aliphatic carbocycles. The maximum Gasteiger partial charge on any atom is 0.330 e. The molecule has 3 heterocycles. The fourth-order valence-electron chi connectivity index (χ4n) is 4.45. The summed E-state index contributed by atoms with van der Waals surface area (Å²) in [6, 6.07) is 4.12. The number of ether oxygens (including phenoxy) is 2. The second-order valence-corrected chi connectivity index (χ2v) is 8.75. The lowest BCUT2D eigenvalue weighted by Crippen LogP contribution is -2.57. The molecule has 192 valence electrons. The van der Waals surface area contributed by atoms with Crippen molar-refractivity contribution in [2.75, 3.05) is 39.6 Å². The van der Waals surface area contributed by atoms with Crippen LogP contribution >= 0.6 is 0 Å². The van der Waals surface area contributed by atoms with E-state index in [0.29, 0.717) is 26.3 Å². The average molecular weight is 501 g/mol. The zero-order valence-electron chi connectivity index (χ0n) is 19.9. The quantitative estimate of drug-likeness (QED) is 0.370. The van der Waals surface area contributed by atoms with E-state index < -0.39 is 48.4 Å². The minimum atomic E-state index is -1.18. The van der Waals surface area contributed by atoms with Crippen LogP contribution in [0.3, 0.4) is 0 Å². The summed E-state index contributed by atoms with van der Waals surface area (Å²) in [6.07, 6.45) is 0.130. The van der Waals surface area contributed by atoms with E-state index in [9.17, 15) is 28.8 Å². The Labute approximate surface area is 207 Å². The molecule has 5 amide bonds. The predicted octanol–water partition coefficient (Wildman–Crippen LogP) is -0.472. The smallest absolute Gasteiger partial charge is 0.330 e. The molecule has 0 radical (unpaired) electrons. The van der Waals surface area contributed by atoms with Gasteiger partial charge in [-0.2, -0.15) is 0 Å². The monoisotopic (exact) mass is 500 g/mol. The Morgan fingerprint density at radius 1 is 1.08 bits per heavy atom. The number of nitrogens with zero attached hydrogens (tertiary/aromatic N) is 3. The fourth-order valence-corrected chi connectivity index (χ4v) is 4.45. The van der Waals surface area contributed by atoms with Gasteiger partial charge in [0.15, 0.2) is 6.73 Å². The molecule has 1 N–H and O–H groups in total. The van der Waals surface area contributed by atoms with Crippen LogP contribution in [-0.2, 0) is 28.7 Å². The molecule has 12 heteroatoms. The van der Waals surface area contributed by atoms with E-state index in [1.165, 1.54) is 12.1 Å². The molecule has 2 unspecified atom stereocenters. The number of rotatable bonds is 8. The number of carbonyl (C=O) groups excluding carboxylic acids is 6. The third-order valence-electron chi connectivity index (χ3n) is 6.46. The van der Waals surface area contributed by atoms with Crippen molar-refractivity contribution in [2.45, 2.75) is 38.3 Å². The number of fused-ring (bicyclic) bond motifs is 1. The molecular weight excluding hydrogens is 472 g/mol. The Balaban J connectivity index is 1.35. The summed E-state index contributed by atoms with van der Waals surface area (Å²) in [5, 5.41) is 2.62. The van der Waals surface area contributed by atoms with E-state index in [1.807, 2.05) is 4.90 Å². The molecule has 1 aromatic carbocycles. The van der Waals surface area contributed by atoms with Crippen LogP contribution in [0.25, 0.3) is 0 Å². The molecule has 0 aromatic heterocycles. The number of piperidine rings is 1. The Kier molecular flexibility index (Phi) is 7.75. The van der Waals surface area contributed by atoms with Crippen LogP contribution in [0.5, 0.6) is 0 Å². The topological polar surface area (TPSA) is 143 Å². The highest BCUT2D eigenvalue weighted by Crippen LogP contribution is 2.29. The summed E-state index contributed by atoms with van der Waals surface area (Å²) in [7, 11) is 0. The average Bonchev–Trinajstić information content (AvgIpc) is 3.13. The zero-order chi connectivity index (χ0) is 25.8. The molecule has 0 spiro atoms. The Hall–Kier alpha value is -3.64. The van der Waals surface area contributed by atoms with Crippen molar-refractivity contribution in [1.29, 1.82) is 0 Å². The highest BCUT2D eigenvalue weighted by Gasteiger charge is 2.47. The molecule has 2 fully saturated rings. The third-order valence-corrected chi connectivity index (χ3v) is 6.46. The molecule has 1 aromatic rings. The van der Waals surface area contributed by atoms with Crippen molar-refractivity contribution in [3.05, 3.63) is 35.4 Å². The molecule has 36 heavy (non-hydrogen) atoms. The first-order valence-corrected chi connectivity index (χ1v) is 11.9. The first-order valence-electron chi connectivity index (χ1n) is 11.9. The van der Waals surface area contributed by atoms with Crippen molar-refractivity contribution < 1.29 is 38.2 Å². The van der Waals surface area contributed by atoms with Gasteiger partial charge in [-0.05, 0) is 25.0 Å². The number of carbonyl (C=O) groups is 6. The molecule has 0 saturated carbocycles. The summed E-state index contributed by atoms with van der Waals surface area (Å²) in [5.74, 6) is -3.72. The minimum absolute atomic E-state index is 0.0111. The van der Waals surface area contributed by atoms with E-state index in [0.717, 1.165) is 9.80 Å². The maximum absolute atomic E-state index is 13.1. The van der Waals surface area contributed by atoms with Gasteiger partial charge in [-0.25, -0.2) is 9.69 Å². The van der Waals surface area contributed by atoms with E-state index in [4.69, 9.17) is 9.47 Å². The summed E-state index contributed by atoms with van der Waals surface area (Å²) in [6.45, 7) is 3.42. The predicted molar refractivity (Wildman–Crippen MR) is 122 cm³/mol. The molecule has 3 aliphatic heterocycles. The van der Waals surface area contributed by atoms with Crippen molar-refractivity contribution in [1.82, 2.24) is 20.0 Å². The van der Waals surface area contributed by atoms with Crippen LogP contribution in [-0.4, -0.2) is 102 Å². The summed E-state index contributed by atoms with van der Waals surface area (Å²) < 4.78 is 10.5. The Morgan fingerprint density at radius 2 is 1.72 bits per heavy atom. The van der Waals surface area contributed by atoms with Gasteiger partial charge in [0.05, 0.1) is 30.9 Å². The zero-order valence-corrected chi connectivity index (χ0v) is 19.9. The van der Waals surface area contributed by atoms with Gasteiger partial charge in [0.2, 0.25) is 11.8 Å². The van der Waals surface area contributed by atoms with Crippen molar-refractivity contribution in [3.8, 4) is 0 Å². The van der Waals surface area contributed by atoms with Crippen LogP contribution in [0.4, 0.5) is 0 Å². The summed E-state index contributed by atoms with van der Waals surface area (Å²) >= 11 is 0. The van der Waals surface area contributed by atoms with E-state index in [2.05, 4.69) is 5.32 Å². The lowest BCUT2D eigenvalue weighted by Gasteiger charge is -2.34. The molecule has 12 nitrogen and oxygen atoms in total. The van der Waals surface area contributed by atoms with E-state index in [1.54, 1.807) is 19.1 Å². The van der Waals surface area contributed by atoms with E-state index >= 15 is 0 Å². The Morgan fingerprint density at radius 3 is 2.33 bits per heavy atom. The van der Waals surface area contributed by atoms with Crippen LogP contribution in [0, 0.1) is 0 Å². The highest BCUT2D eigenvalue weighted by molar-refractivity contribution is 6.23. The van der Waals surface area contributed by atoms with Crippen molar-refractivity contribution >= 4 is 35.5 Å². The molecule has 2 atom stereocenters. The number of imide groups is 2. The van der Waals surface area contributed by atoms with Crippen molar-refractivity contribution in [2.24, 2.45) is 0 Å². The number of amides is 5. The molecule has 0 bridgehead atoms. The lowest BCUT2D eigenvalue weighted by atomic mass is 10.0. The number of likely N-dealkylation sites (tertiary alicyclic amines) is 1. The number of nitrogens with one attached hydrogen (secondary N) is 1. The molecule has 2 saturated heterocycles. The van der Waals surface area contributed by atoms with E-state index in [-0.39, 0.29) is 42.8 Å². The normalized spacial score (nSPS) is 21.4. The van der Waals surface area contributed by atoms with Gasteiger partial charge in [-0.1, -0.05) is 19.1 Å². The SMILES string of the molecule is CCC(NC(=O)CN1CCOCC1)C(=O)OCN1C(=O)CCC(N2C(=O)c3ccccc3C2=O)C1=O. The first-order chi connectivity index (χ1) is 17.3. The van der Waals surface area contributed by atoms with Crippen molar-refractivity contribution in [3.63, 3.8) is 0 Å². The number of esters is 1. The second kappa shape index (κ2) is 11.0. The maximum atomic E-state index is 13.1. The first kappa shape index (κ1) is 25.5. The fraction of sp³-hybridized carbons (Fsp3) is 0.500. The van der Waals surface area contributed by atoms with Crippen LogP contribution < -0.4 is 5.32 Å². The van der Waals surface area contributed by atoms with Gasteiger partial charge in [0.25, 0.3) is 17.7 Å². The largest absolute Gasteiger partial charge is 0.442 e. The third kappa shape index (κ3) is 5.14. The van der Waals surface area contributed by atoms with Gasteiger partial charge >= 0.3 is 5.97 Å². The molecule has 3 aliphatic rings. The van der Waals surface area contributed by atoms with Gasteiger partial charge in [-0.15, -0.1) is 0 Å². The van der Waals surface area contributed by atoms with Gasteiger partial charge in [0.1, 0.15) is 12.1 Å². The van der Waals surface area contributed by atoms with Gasteiger partial charge < -0.3 is 14.8 Å². The summed E-state index contributed by atoms with van der Waals surface area (Å²) in [4.78, 5) is 79.6. The van der Waals surface area contributed by atoms with Crippen LogP contribution in [0.15, 0.2) is 24.3 Å². The number of hydrogen-bond acceptors (Lipinski definition) is 9. The van der Waals surface area contributed by atoms with Gasteiger partial charge in [0, 0.05) is 19.5 Å². The van der Waals surface area contributed by atoms with Crippen LogP contribution in [0.1, 0.15) is 46.9 Å². The molecular formula is C24H28N4O8. The van der Waals surface area contributed by atoms with Gasteiger partial charge in [-0.3, -0.25) is 33.8 Å². The lowest BCUT2D eigenvalue weighted by molar-refractivity contribution is -0.165. The minimum Gasteiger partial charge on any atom is -0.442 e. The second-order valence-electron chi connectivity index (χ2n) is 8.75. The van der Waals surface area contributed by atoms with Crippen LogP contribution in [0.2, 0.25) is 0 Å². The standard InChI is InChI=1S/C24H28N4O8/c1-2-17(25-19(29)13-26-9-11-35-12-10-26)24(34)36-14-27-20(30)8-7-18(23(27)33)28-21(31)15-5-3-4-6-16(15)22(28)32/h3-6,17-18H,2,7-14H2,1H3,(H,25,29). The number of benzene rings is 1. The summed E-state index contributed by atoms with van der Waals surface area (Å²) in [5.41, 5.74) is 0.396. The number of morpholine rings is 1. The number of hydrogen-bond donors (Lipinski definition) is 1. The highest BCUT2D eigenvalue weighted by atomic mass is 16.5.